The Hall–Kier alpha value is -1.36. The first kappa shape index (κ1) is 7.74. The fourth-order valence-electron chi connectivity index (χ4n) is 0.669. The molecule has 5 heteroatoms. The van der Waals surface area contributed by atoms with Gasteiger partial charge in [-0.2, -0.15) is 0 Å². The van der Waals surface area contributed by atoms with Crippen LogP contribution in [0.5, 0.6) is 0 Å². The molecule has 60 valence electrons. The number of hydrogen-bond acceptors (Lipinski definition) is 4. The van der Waals surface area contributed by atoms with Crippen LogP contribution in [0.25, 0.3) is 0 Å². The average molecular weight is 157 g/mol. The van der Waals surface area contributed by atoms with Gasteiger partial charge in [0.2, 0.25) is 0 Å². The highest BCUT2D eigenvalue weighted by Crippen LogP contribution is 2.03. The van der Waals surface area contributed by atoms with Gasteiger partial charge < -0.3 is 14.7 Å². The van der Waals surface area contributed by atoms with Crippen LogP contribution in [0.2, 0.25) is 0 Å². The van der Waals surface area contributed by atoms with Gasteiger partial charge in [-0.1, -0.05) is 5.16 Å². The van der Waals surface area contributed by atoms with E-state index in [0.29, 0.717) is 5.69 Å². The quantitative estimate of drug-likeness (QED) is 0.634. The van der Waals surface area contributed by atoms with Gasteiger partial charge >= 0.3 is 5.97 Å². The average Bonchev–Trinajstić information content (AvgIpc) is 2.34. The summed E-state index contributed by atoms with van der Waals surface area (Å²) in [6, 6.07) is 1.41. The van der Waals surface area contributed by atoms with Crippen LogP contribution in [-0.4, -0.2) is 21.3 Å². The Balaban J connectivity index is 2.65. The number of carboxylic acid groups (broad SMARTS) is 1. The SMILES string of the molecule is O=C(O)Cc1cc(CO)on1. The first-order chi connectivity index (χ1) is 5.22. The van der Waals surface area contributed by atoms with Gasteiger partial charge in [0.25, 0.3) is 0 Å². The molecule has 0 radical (unpaired) electrons. The lowest BCUT2D eigenvalue weighted by Crippen LogP contribution is -1.99. The highest BCUT2D eigenvalue weighted by molar-refractivity contribution is 5.69. The third-order valence-electron chi connectivity index (χ3n) is 1.10. The molecule has 1 aromatic rings. The third-order valence-corrected chi connectivity index (χ3v) is 1.10. The van der Waals surface area contributed by atoms with Crippen molar-refractivity contribution in [3.8, 4) is 0 Å². The molecule has 0 aliphatic rings. The Kier molecular flexibility index (Phi) is 2.22. The molecule has 1 aromatic heterocycles. The van der Waals surface area contributed by atoms with Crippen LogP contribution in [0.15, 0.2) is 10.6 Å². The van der Waals surface area contributed by atoms with E-state index in [2.05, 4.69) is 9.68 Å². The fourth-order valence-corrected chi connectivity index (χ4v) is 0.669. The molecular formula is C6H7NO4. The fraction of sp³-hybridized carbons (Fsp3) is 0.333. The number of rotatable bonds is 3. The molecule has 11 heavy (non-hydrogen) atoms. The molecule has 0 fully saturated rings. The van der Waals surface area contributed by atoms with Crippen LogP contribution in [0, 0.1) is 0 Å². The maximum atomic E-state index is 10.1. The second kappa shape index (κ2) is 3.16. The van der Waals surface area contributed by atoms with E-state index in [1.807, 2.05) is 0 Å². The number of aliphatic hydroxyl groups excluding tert-OH is 1. The minimum Gasteiger partial charge on any atom is -0.481 e. The van der Waals surface area contributed by atoms with Crippen molar-refractivity contribution < 1.29 is 19.5 Å². The maximum Gasteiger partial charge on any atom is 0.309 e. The molecule has 0 atom stereocenters. The highest BCUT2D eigenvalue weighted by atomic mass is 16.5. The molecule has 0 aliphatic heterocycles. The van der Waals surface area contributed by atoms with E-state index in [4.69, 9.17) is 10.2 Å². The summed E-state index contributed by atoms with van der Waals surface area (Å²) in [6.45, 7) is -0.257. The Morgan fingerprint density at radius 1 is 1.73 bits per heavy atom. The maximum absolute atomic E-state index is 10.1. The van der Waals surface area contributed by atoms with Crippen molar-refractivity contribution in [3.63, 3.8) is 0 Å². The standard InChI is InChI=1S/C6H7NO4/c8-3-5-1-4(7-11-5)2-6(9)10/h1,8H,2-3H2,(H,9,10). The number of aliphatic carboxylic acids is 1. The van der Waals surface area contributed by atoms with E-state index in [-0.39, 0.29) is 18.8 Å². The number of nitrogens with zero attached hydrogens (tertiary/aromatic N) is 1. The summed E-state index contributed by atoms with van der Waals surface area (Å²) in [5, 5.41) is 20.2. The zero-order valence-electron chi connectivity index (χ0n) is 5.65. The van der Waals surface area contributed by atoms with E-state index in [1.54, 1.807) is 0 Å². The summed E-state index contributed by atoms with van der Waals surface area (Å²) in [7, 11) is 0. The van der Waals surface area contributed by atoms with Crippen LogP contribution < -0.4 is 0 Å². The van der Waals surface area contributed by atoms with Crippen molar-refractivity contribution in [3.05, 3.63) is 17.5 Å². The lowest BCUT2D eigenvalue weighted by Gasteiger charge is -1.83. The molecule has 0 spiro atoms. The molecule has 2 N–H and O–H groups in total. The Bertz CT molecular complexity index is 255. The van der Waals surface area contributed by atoms with Crippen molar-refractivity contribution in [1.82, 2.24) is 5.16 Å². The monoisotopic (exact) mass is 157 g/mol. The number of aliphatic hydroxyl groups is 1. The van der Waals surface area contributed by atoms with Crippen molar-refractivity contribution in [2.75, 3.05) is 0 Å². The van der Waals surface area contributed by atoms with Gasteiger partial charge in [-0.25, -0.2) is 0 Å². The number of carboxylic acids is 1. The molecule has 0 amide bonds. The molecule has 0 unspecified atom stereocenters. The third kappa shape index (κ3) is 2.05. The molecule has 1 rings (SSSR count). The lowest BCUT2D eigenvalue weighted by atomic mass is 10.3. The van der Waals surface area contributed by atoms with Crippen LogP contribution in [-0.2, 0) is 17.8 Å². The summed E-state index contributed by atoms with van der Waals surface area (Å²) in [4.78, 5) is 10.1. The van der Waals surface area contributed by atoms with Gasteiger partial charge in [-0.3, -0.25) is 4.79 Å². The second-order valence-corrected chi connectivity index (χ2v) is 2.01. The zero-order chi connectivity index (χ0) is 8.27. The van der Waals surface area contributed by atoms with E-state index >= 15 is 0 Å². The zero-order valence-corrected chi connectivity index (χ0v) is 5.65. The van der Waals surface area contributed by atoms with Crippen LogP contribution in [0.3, 0.4) is 0 Å². The Morgan fingerprint density at radius 3 is 2.91 bits per heavy atom. The van der Waals surface area contributed by atoms with Crippen molar-refractivity contribution in [2.45, 2.75) is 13.0 Å². The summed E-state index contributed by atoms with van der Waals surface area (Å²) in [6.07, 6.45) is -0.177. The molecule has 1 heterocycles. The largest absolute Gasteiger partial charge is 0.481 e. The van der Waals surface area contributed by atoms with Crippen LogP contribution in [0.4, 0.5) is 0 Å². The van der Waals surface area contributed by atoms with E-state index in [9.17, 15) is 4.79 Å². The molecule has 0 aromatic carbocycles. The van der Waals surface area contributed by atoms with Crippen LogP contribution >= 0.6 is 0 Å². The highest BCUT2D eigenvalue weighted by Gasteiger charge is 2.06. The molecule has 5 nitrogen and oxygen atoms in total. The molecule has 0 aliphatic carbocycles. The van der Waals surface area contributed by atoms with Crippen molar-refractivity contribution >= 4 is 5.97 Å². The number of carbonyl (C=O) groups is 1. The van der Waals surface area contributed by atoms with Crippen molar-refractivity contribution in [2.24, 2.45) is 0 Å². The van der Waals surface area contributed by atoms with Gasteiger partial charge in [0.1, 0.15) is 6.61 Å². The minimum atomic E-state index is -0.970. The first-order valence-corrected chi connectivity index (χ1v) is 2.99. The topological polar surface area (TPSA) is 83.6 Å². The van der Waals surface area contributed by atoms with E-state index in [1.165, 1.54) is 6.07 Å². The molecule has 0 saturated heterocycles. The summed E-state index contributed by atoms with van der Waals surface area (Å²) < 4.78 is 4.55. The van der Waals surface area contributed by atoms with Gasteiger partial charge in [-0.15, -0.1) is 0 Å². The molecule has 0 bridgehead atoms. The van der Waals surface area contributed by atoms with Gasteiger partial charge in [0.15, 0.2) is 5.76 Å². The lowest BCUT2D eigenvalue weighted by molar-refractivity contribution is -0.136. The molecule has 0 saturated carbocycles. The number of hydrogen-bond donors (Lipinski definition) is 2. The predicted molar refractivity (Wildman–Crippen MR) is 33.8 cm³/mol. The number of aromatic nitrogens is 1. The smallest absolute Gasteiger partial charge is 0.309 e. The first-order valence-electron chi connectivity index (χ1n) is 2.99. The minimum absolute atomic E-state index is 0.177. The normalized spacial score (nSPS) is 9.91. The Morgan fingerprint density at radius 2 is 2.45 bits per heavy atom. The summed E-state index contributed by atoms with van der Waals surface area (Å²) in [5.41, 5.74) is 0.321. The molecular weight excluding hydrogens is 150 g/mol. The predicted octanol–water partition coefficient (Wildman–Crippen LogP) is -0.206. The Labute approximate surface area is 62.2 Å². The van der Waals surface area contributed by atoms with Crippen molar-refractivity contribution in [1.29, 1.82) is 0 Å². The van der Waals surface area contributed by atoms with Crippen LogP contribution in [0.1, 0.15) is 11.5 Å². The van der Waals surface area contributed by atoms with Gasteiger partial charge in [0.05, 0.1) is 12.1 Å². The van der Waals surface area contributed by atoms with E-state index < -0.39 is 5.97 Å². The van der Waals surface area contributed by atoms with E-state index in [0.717, 1.165) is 0 Å². The van der Waals surface area contributed by atoms with Gasteiger partial charge in [0, 0.05) is 6.07 Å². The second-order valence-electron chi connectivity index (χ2n) is 2.01. The summed E-state index contributed by atoms with van der Waals surface area (Å²) >= 11 is 0. The summed E-state index contributed by atoms with van der Waals surface area (Å²) in [5.74, 6) is -0.691. The van der Waals surface area contributed by atoms with Gasteiger partial charge in [-0.05, 0) is 0 Å².